The molecule has 2 nitrogen and oxygen atoms in total. The Balaban J connectivity index is 1.92. The van der Waals surface area contributed by atoms with Crippen molar-refractivity contribution in [2.75, 3.05) is 0 Å². The van der Waals surface area contributed by atoms with Crippen molar-refractivity contribution in [1.82, 2.24) is 0 Å². The maximum absolute atomic E-state index is 5.30. The second-order valence-corrected chi connectivity index (χ2v) is 4.08. The third kappa shape index (κ3) is 3.23. The summed E-state index contributed by atoms with van der Waals surface area (Å²) in [5.74, 6) is 0.978. The van der Waals surface area contributed by atoms with Crippen LogP contribution in [-0.4, -0.2) is 6.21 Å². The molecule has 0 spiro atoms. The molecule has 0 saturated heterocycles. The molecule has 0 aromatic heterocycles. The molecule has 2 heteroatoms. The lowest BCUT2D eigenvalue weighted by Gasteiger charge is -2.08. The molecule has 0 amide bonds. The largest absolute Gasteiger partial charge is 0.361 e. The molecular weight excluding hydrogens is 198 g/mol. The maximum Gasteiger partial charge on any atom is 0.140 e. The fourth-order valence-corrected chi connectivity index (χ4v) is 1.74. The molecule has 83 valence electrons. The van der Waals surface area contributed by atoms with Crippen molar-refractivity contribution in [1.29, 1.82) is 0 Å². The molecule has 0 bridgehead atoms. The van der Waals surface area contributed by atoms with Gasteiger partial charge in [-0.2, -0.15) is 0 Å². The van der Waals surface area contributed by atoms with Crippen LogP contribution in [0.2, 0.25) is 0 Å². The van der Waals surface area contributed by atoms with Gasteiger partial charge in [0, 0.05) is 12.0 Å². The minimum Gasteiger partial charge on any atom is -0.361 e. The highest BCUT2D eigenvalue weighted by atomic mass is 16.6. The molecule has 1 aliphatic carbocycles. The van der Waals surface area contributed by atoms with E-state index in [1.54, 1.807) is 0 Å². The van der Waals surface area contributed by atoms with E-state index < -0.39 is 0 Å². The summed E-state index contributed by atoms with van der Waals surface area (Å²) in [6.45, 7) is 2.05. The standard InChI is InChI=1S/C14H16NO/c1-12-6-5-7-13(10-12)11-15-16-14-8-3-2-4-9-14/h5-8,10H,2-4,9H2,1H3. The minimum atomic E-state index is 0.955. The quantitative estimate of drug-likeness (QED) is 0.555. The first-order valence-electron chi connectivity index (χ1n) is 5.73. The number of rotatable bonds is 3. The molecular formula is C14H16NO. The average molecular weight is 214 g/mol. The first-order chi connectivity index (χ1) is 7.84. The molecule has 0 unspecified atom stereocenters. The number of allylic oxidation sites excluding steroid dienone is 2. The fraction of sp³-hybridized carbons (Fsp3) is 0.357. The fourth-order valence-electron chi connectivity index (χ4n) is 1.74. The first kappa shape index (κ1) is 10.9. The summed E-state index contributed by atoms with van der Waals surface area (Å²) in [6, 6.07) is 8.04. The van der Waals surface area contributed by atoms with Gasteiger partial charge in [0.15, 0.2) is 0 Å². The monoisotopic (exact) mass is 214 g/mol. The van der Waals surface area contributed by atoms with Crippen molar-refractivity contribution < 1.29 is 4.84 Å². The van der Waals surface area contributed by atoms with Crippen LogP contribution in [0.25, 0.3) is 0 Å². The molecule has 0 N–H and O–H groups in total. The predicted octanol–water partition coefficient (Wildman–Crippen LogP) is 3.68. The summed E-state index contributed by atoms with van der Waals surface area (Å²) in [4.78, 5) is 5.30. The van der Waals surface area contributed by atoms with Crippen LogP contribution in [0.1, 0.15) is 36.8 Å². The van der Waals surface area contributed by atoms with Gasteiger partial charge in [-0.1, -0.05) is 28.9 Å². The summed E-state index contributed by atoms with van der Waals surface area (Å²) in [7, 11) is 0. The third-order valence-corrected chi connectivity index (χ3v) is 2.61. The average Bonchev–Trinajstić information content (AvgIpc) is 2.30. The topological polar surface area (TPSA) is 21.6 Å². The first-order valence-corrected chi connectivity index (χ1v) is 5.73. The molecule has 1 aromatic carbocycles. The highest BCUT2D eigenvalue weighted by Crippen LogP contribution is 2.18. The van der Waals surface area contributed by atoms with Gasteiger partial charge in [0.2, 0.25) is 0 Å². The van der Waals surface area contributed by atoms with Gasteiger partial charge in [-0.25, -0.2) is 0 Å². The van der Waals surface area contributed by atoms with Crippen LogP contribution in [-0.2, 0) is 4.84 Å². The van der Waals surface area contributed by atoms with E-state index in [2.05, 4.69) is 30.4 Å². The van der Waals surface area contributed by atoms with Crippen LogP contribution in [0.3, 0.4) is 0 Å². The second kappa shape index (κ2) is 5.50. The van der Waals surface area contributed by atoms with Gasteiger partial charge < -0.3 is 4.84 Å². The summed E-state index contributed by atoms with van der Waals surface area (Å²) >= 11 is 0. The van der Waals surface area contributed by atoms with E-state index in [-0.39, 0.29) is 0 Å². The van der Waals surface area contributed by atoms with Gasteiger partial charge in [-0.3, -0.25) is 0 Å². The van der Waals surface area contributed by atoms with Gasteiger partial charge in [0.25, 0.3) is 0 Å². The van der Waals surface area contributed by atoms with Gasteiger partial charge in [-0.15, -0.1) is 0 Å². The summed E-state index contributed by atoms with van der Waals surface area (Å²) in [5, 5.41) is 3.89. The number of benzene rings is 1. The van der Waals surface area contributed by atoms with E-state index in [9.17, 15) is 0 Å². The van der Waals surface area contributed by atoms with Crippen LogP contribution in [0.5, 0.6) is 0 Å². The van der Waals surface area contributed by atoms with E-state index in [4.69, 9.17) is 4.84 Å². The molecule has 1 aromatic rings. The Morgan fingerprint density at radius 1 is 1.31 bits per heavy atom. The lowest BCUT2D eigenvalue weighted by molar-refractivity contribution is 0.210. The Bertz CT molecular complexity index is 407. The zero-order chi connectivity index (χ0) is 11.2. The number of nitrogens with zero attached hydrogens (tertiary/aromatic N) is 1. The summed E-state index contributed by atoms with van der Waals surface area (Å²) in [6.07, 6.45) is 9.58. The predicted molar refractivity (Wildman–Crippen MR) is 65.4 cm³/mol. The van der Waals surface area contributed by atoms with E-state index >= 15 is 0 Å². The van der Waals surface area contributed by atoms with Crippen molar-refractivity contribution in [3.05, 3.63) is 47.2 Å². The van der Waals surface area contributed by atoms with Crippen LogP contribution in [0, 0.1) is 6.92 Å². The Morgan fingerprint density at radius 2 is 2.25 bits per heavy atom. The van der Waals surface area contributed by atoms with Crippen LogP contribution in [0.4, 0.5) is 0 Å². The molecule has 0 atom stereocenters. The normalized spacial score (nSPS) is 16.2. The van der Waals surface area contributed by atoms with Crippen molar-refractivity contribution in [3.63, 3.8) is 0 Å². The lowest BCUT2D eigenvalue weighted by atomic mass is 10.1. The van der Waals surface area contributed by atoms with Crippen molar-refractivity contribution >= 4 is 6.21 Å². The molecule has 0 aliphatic heterocycles. The number of aryl methyl sites for hydroxylation is 1. The van der Waals surface area contributed by atoms with Crippen molar-refractivity contribution in [3.8, 4) is 0 Å². The molecule has 2 rings (SSSR count). The molecule has 0 heterocycles. The Morgan fingerprint density at radius 3 is 3.00 bits per heavy atom. The third-order valence-electron chi connectivity index (χ3n) is 2.61. The van der Waals surface area contributed by atoms with Gasteiger partial charge >= 0.3 is 0 Å². The van der Waals surface area contributed by atoms with Crippen molar-refractivity contribution in [2.24, 2.45) is 5.16 Å². The summed E-state index contributed by atoms with van der Waals surface area (Å²) < 4.78 is 0. The molecule has 1 aliphatic rings. The summed E-state index contributed by atoms with van der Waals surface area (Å²) in [5.41, 5.74) is 2.16. The molecule has 0 saturated carbocycles. The highest BCUT2D eigenvalue weighted by Gasteiger charge is 2.03. The maximum atomic E-state index is 5.30. The Hall–Kier alpha value is -1.57. The Kier molecular flexibility index (Phi) is 3.76. The SMILES string of the molecule is Cc1cccc([C]=NOC2=CCCCC2)c1. The van der Waals surface area contributed by atoms with E-state index in [0.29, 0.717) is 0 Å². The highest BCUT2D eigenvalue weighted by molar-refractivity contribution is 5.79. The lowest BCUT2D eigenvalue weighted by Crippen LogP contribution is -1.93. The Labute approximate surface area is 96.6 Å². The number of hydrogen-bond acceptors (Lipinski definition) is 2. The molecule has 1 radical (unpaired) electrons. The zero-order valence-corrected chi connectivity index (χ0v) is 9.57. The van der Waals surface area contributed by atoms with Crippen LogP contribution < -0.4 is 0 Å². The van der Waals surface area contributed by atoms with Gasteiger partial charge in [0.1, 0.15) is 12.0 Å². The van der Waals surface area contributed by atoms with E-state index in [1.165, 1.54) is 18.4 Å². The minimum absolute atomic E-state index is 0.955. The van der Waals surface area contributed by atoms with E-state index in [1.807, 2.05) is 18.2 Å². The molecule has 16 heavy (non-hydrogen) atoms. The van der Waals surface area contributed by atoms with Crippen molar-refractivity contribution in [2.45, 2.75) is 32.6 Å². The second-order valence-electron chi connectivity index (χ2n) is 4.08. The van der Waals surface area contributed by atoms with Crippen LogP contribution >= 0.6 is 0 Å². The molecule has 0 fully saturated rings. The smallest absolute Gasteiger partial charge is 0.140 e. The number of hydrogen-bond donors (Lipinski definition) is 0. The zero-order valence-electron chi connectivity index (χ0n) is 9.57. The van der Waals surface area contributed by atoms with Gasteiger partial charge in [0.05, 0.1) is 0 Å². The van der Waals surface area contributed by atoms with E-state index in [0.717, 1.165) is 24.2 Å². The van der Waals surface area contributed by atoms with Crippen LogP contribution in [0.15, 0.2) is 41.3 Å². The van der Waals surface area contributed by atoms with Gasteiger partial charge in [-0.05, 0) is 38.3 Å².